The summed E-state index contributed by atoms with van der Waals surface area (Å²) in [7, 11) is 0. The minimum atomic E-state index is -0.531. The maximum absolute atomic E-state index is 12.5. The van der Waals surface area contributed by atoms with Gasteiger partial charge in [0, 0.05) is 6.54 Å². The van der Waals surface area contributed by atoms with Gasteiger partial charge in [0.15, 0.2) is 0 Å². The Kier molecular flexibility index (Phi) is 3.93. The van der Waals surface area contributed by atoms with Gasteiger partial charge in [-0.2, -0.15) is 0 Å². The van der Waals surface area contributed by atoms with Crippen molar-refractivity contribution in [3.8, 4) is 0 Å². The van der Waals surface area contributed by atoms with E-state index in [9.17, 15) is 9.59 Å². The molecule has 2 aliphatic rings. The van der Waals surface area contributed by atoms with Crippen molar-refractivity contribution in [3.63, 3.8) is 0 Å². The molecule has 2 amide bonds. The second-order valence-corrected chi connectivity index (χ2v) is 5.52. The van der Waals surface area contributed by atoms with Gasteiger partial charge in [-0.15, -0.1) is 0 Å². The Bertz CT molecular complexity index is 333. The number of piperazine rings is 1. The molecule has 0 aromatic heterocycles. The smallest absolute Gasteiger partial charge is 0.246 e. The molecule has 2 rings (SSSR count). The monoisotopic (exact) mass is 252 g/mol. The van der Waals surface area contributed by atoms with Crippen LogP contribution in [-0.2, 0) is 9.59 Å². The molecule has 2 fully saturated rings. The predicted molar refractivity (Wildman–Crippen MR) is 70.0 cm³/mol. The van der Waals surface area contributed by atoms with Crippen LogP contribution in [0.25, 0.3) is 0 Å². The summed E-state index contributed by atoms with van der Waals surface area (Å²) in [6.07, 6.45) is 6.55. The number of nitrogens with one attached hydrogen (secondary N) is 1. The van der Waals surface area contributed by atoms with Crippen molar-refractivity contribution < 1.29 is 9.59 Å². The van der Waals surface area contributed by atoms with Crippen LogP contribution in [0, 0.1) is 0 Å². The number of carbonyl (C=O) groups excluding carboxylic acids is 2. The van der Waals surface area contributed by atoms with E-state index in [1.54, 1.807) is 0 Å². The zero-order valence-electron chi connectivity index (χ0n) is 11.5. The molecule has 1 N–H and O–H groups in total. The lowest BCUT2D eigenvalue weighted by molar-refractivity contribution is -0.160. The van der Waals surface area contributed by atoms with Gasteiger partial charge in [-0.25, -0.2) is 0 Å². The molecule has 0 radical (unpaired) electrons. The fourth-order valence-corrected chi connectivity index (χ4v) is 3.33. The highest BCUT2D eigenvalue weighted by Crippen LogP contribution is 2.37. The number of rotatable bonds is 3. The second-order valence-electron chi connectivity index (χ2n) is 5.52. The van der Waals surface area contributed by atoms with E-state index >= 15 is 0 Å². The summed E-state index contributed by atoms with van der Waals surface area (Å²) in [4.78, 5) is 26.8. The summed E-state index contributed by atoms with van der Waals surface area (Å²) in [5, 5.41) is 2.93. The Morgan fingerprint density at radius 3 is 2.44 bits per heavy atom. The van der Waals surface area contributed by atoms with Crippen LogP contribution in [0.5, 0.6) is 0 Å². The van der Waals surface area contributed by atoms with E-state index in [1.807, 2.05) is 11.8 Å². The van der Waals surface area contributed by atoms with E-state index in [2.05, 4.69) is 12.2 Å². The van der Waals surface area contributed by atoms with Crippen LogP contribution in [0.4, 0.5) is 0 Å². The summed E-state index contributed by atoms with van der Waals surface area (Å²) in [6.45, 7) is 4.73. The summed E-state index contributed by atoms with van der Waals surface area (Å²) >= 11 is 0. The molecule has 1 atom stereocenters. The molecule has 1 saturated carbocycles. The topological polar surface area (TPSA) is 49.4 Å². The van der Waals surface area contributed by atoms with Gasteiger partial charge in [-0.1, -0.05) is 33.1 Å². The first-order valence-electron chi connectivity index (χ1n) is 7.28. The van der Waals surface area contributed by atoms with Gasteiger partial charge in [0.2, 0.25) is 11.8 Å². The summed E-state index contributed by atoms with van der Waals surface area (Å²) in [5.74, 6) is 0.211. The number of amides is 2. The Balaban J connectivity index is 2.29. The molecule has 4 heteroatoms. The maximum Gasteiger partial charge on any atom is 0.246 e. The molecular weight excluding hydrogens is 228 g/mol. The molecule has 1 heterocycles. The lowest BCUT2D eigenvalue weighted by Crippen LogP contribution is -2.71. The van der Waals surface area contributed by atoms with Crippen molar-refractivity contribution in [2.45, 2.75) is 70.4 Å². The molecule has 0 bridgehead atoms. The summed E-state index contributed by atoms with van der Waals surface area (Å²) < 4.78 is 0. The number of nitrogens with zero attached hydrogens (tertiary/aromatic N) is 1. The first kappa shape index (κ1) is 13.4. The molecule has 1 spiro atoms. The van der Waals surface area contributed by atoms with Crippen molar-refractivity contribution in [3.05, 3.63) is 0 Å². The van der Waals surface area contributed by atoms with Gasteiger partial charge in [0.05, 0.1) is 0 Å². The maximum atomic E-state index is 12.5. The lowest BCUT2D eigenvalue weighted by Gasteiger charge is -2.50. The second kappa shape index (κ2) is 5.29. The number of hydrogen-bond donors (Lipinski definition) is 1. The van der Waals surface area contributed by atoms with Crippen LogP contribution in [0.2, 0.25) is 0 Å². The minimum Gasteiger partial charge on any atom is -0.342 e. The first-order chi connectivity index (χ1) is 8.65. The highest BCUT2D eigenvalue weighted by Gasteiger charge is 2.51. The van der Waals surface area contributed by atoms with E-state index in [0.717, 1.165) is 32.1 Å². The quantitative estimate of drug-likeness (QED) is 0.833. The van der Waals surface area contributed by atoms with Crippen molar-refractivity contribution >= 4 is 11.8 Å². The molecule has 18 heavy (non-hydrogen) atoms. The van der Waals surface area contributed by atoms with Crippen LogP contribution in [-0.4, -0.2) is 34.8 Å². The molecule has 0 aromatic rings. The van der Waals surface area contributed by atoms with Crippen molar-refractivity contribution in [1.82, 2.24) is 10.2 Å². The van der Waals surface area contributed by atoms with E-state index < -0.39 is 5.54 Å². The number of carbonyl (C=O) groups is 2. The van der Waals surface area contributed by atoms with Crippen LogP contribution in [0.1, 0.15) is 58.8 Å². The number of hydrogen-bond acceptors (Lipinski definition) is 2. The van der Waals surface area contributed by atoms with Gasteiger partial charge in [-0.05, 0) is 25.7 Å². The Hall–Kier alpha value is -1.06. The van der Waals surface area contributed by atoms with Crippen LogP contribution >= 0.6 is 0 Å². The molecule has 1 unspecified atom stereocenters. The van der Waals surface area contributed by atoms with Crippen molar-refractivity contribution in [1.29, 1.82) is 0 Å². The van der Waals surface area contributed by atoms with Gasteiger partial charge in [0.25, 0.3) is 0 Å². The minimum absolute atomic E-state index is 0.0853. The van der Waals surface area contributed by atoms with E-state index in [0.29, 0.717) is 13.0 Å². The zero-order chi connectivity index (χ0) is 13.2. The third-order valence-electron chi connectivity index (χ3n) is 4.34. The van der Waals surface area contributed by atoms with E-state index in [-0.39, 0.29) is 17.9 Å². The van der Waals surface area contributed by atoms with Gasteiger partial charge >= 0.3 is 0 Å². The lowest BCUT2D eigenvalue weighted by atomic mass is 9.77. The van der Waals surface area contributed by atoms with Crippen LogP contribution in [0.15, 0.2) is 0 Å². The van der Waals surface area contributed by atoms with E-state index in [1.165, 1.54) is 6.42 Å². The fourth-order valence-electron chi connectivity index (χ4n) is 3.33. The average Bonchev–Trinajstić information content (AvgIpc) is 2.40. The molecule has 0 aromatic carbocycles. The normalized spacial score (nSPS) is 27.4. The molecule has 1 saturated heterocycles. The molecule has 1 aliphatic carbocycles. The van der Waals surface area contributed by atoms with Gasteiger partial charge in [0.1, 0.15) is 11.6 Å². The summed E-state index contributed by atoms with van der Waals surface area (Å²) in [5.41, 5.74) is -0.531. The Morgan fingerprint density at radius 1 is 1.22 bits per heavy atom. The Morgan fingerprint density at radius 2 is 1.89 bits per heavy atom. The van der Waals surface area contributed by atoms with Gasteiger partial charge in [-0.3, -0.25) is 9.59 Å². The molecular formula is C14H24N2O2. The average molecular weight is 252 g/mol. The van der Waals surface area contributed by atoms with Crippen molar-refractivity contribution in [2.75, 3.05) is 6.54 Å². The van der Waals surface area contributed by atoms with Crippen molar-refractivity contribution in [2.24, 2.45) is 0 Å². The molecule has 1 aliphatic heterocycles. The van der Waals surface area contributed by atoms with E-state index in [4.69, 9.17) is 0 Å². The standard InChI is InChI=1S/C14H24N2O2/c1-3-10-16-12(17)11(4-2)15-13(18)14(16)8-6-5-7-9-14/h11H,3-10H2,1-2H3,(H,15,18). The third-order valence-corrected chi connectivity index (χ3v) is 4.34. The summed E-state index contributed by atoms with van der Waals surface area (Å²) in [6, 6.07) is -0.309. The zero-order valence-corrected chi connectivity index (χ0v) is 11.5. The third kappa shape index (κ3) is 2.02. The van der Waals surface area contributed by atoms with Gasteiger partial charge < -0.3 is 10.2 Å². The molecule has 102 valence electrons. The molecule has 4 nitrogen and oxygen atoms in total. The predicted octanol–water partition coefficient (Wildman–Crippen LogP) is 1.84. The van der Waals surface area contributed by atoms with Crippen LogP contribution < -0.4 is 5.32 Å². The highest BCUT2D eigenvalue weighted by atomic mass is 16.2. The Labute approximate surface area is 109 Å². The first-order valence-corrected chi connectivity index (χ1v) is 7.28. The highest BCUT2D eigenvalue weighted by molar-refractivity contribution is 5.99. The fraction of sp³-hybridized carbons (Fsp3) is 0.857. The SMILES string of the molecule is CCCN1C(=O)C(CC)NC(=O)C12CCCCC2. The van der Waals surface area contributed by atoms with Crippen LogP contribution in [0.3, 0.4) is 0 Å². The largest absolute Gasteiger partial charge is 0.342 e.